The molecule has 4 nitrogen and oxygen atoms in total. The van der Waals surface area contributed by atoms with Crippen LogP contribution in [0.4, 0.5) is 0 Å². The Morgan fingerprint density at radius 2 is 1.95 bits per heavy atom. The van der Waals surface area contributed by atoms with E-state index >= 15 is 0 Å². The lowest BCUT2D eigenvalue weighted by Crippen LogP contribution is -2.33. The van der Waals surface area contributed by atoms with Crippen molar-refractivity contribution in [3.05, 3.63) is 48.0 Å². The van der Waals surface area contributed by atoms with Crippen LogP contribution in [0.5, 0.6) is 0 Å². The molecule has 0 amide bonds. The quantitative estimate of drug-likeness (QED) is 0.374. The van der Waals surface area contributed by atoms with E-state index in [1.807, 2.05) is 12.1 Å². The SMILES string of the molecule is CCN(CC(N)=NO)Cc1cccc2ccccc12. The third-order valence-electron chi connectivity index (χ3n) is 3.24. The van der Waals surface area contributed by atoms with E-state index in [9.17, 15) is 0 Å². The molecule has 3 N–H and O–H groups in total. The van der Waals surface area contributed by atoms with Crippen molar-refractivity contribution in [3.8, 4) is 0 Å². The third kappa shape index (κ3) is 3.23. The van der Waals surface area contributed by atoms with Gasteiger partial charge in [0, 0.05) is 6.54 Å². The Labute approximate surface area is 113 Å². The van der Waals surface area contributed by atoms with Crippen LogP contribution < -0.4 is 5.73 Å². The number of amidine groups is 1. The van der Waals surface area contributed by atoms with Crippen LogP contribution in [0, 0.1) is 0 Å². The molecular weight excluding hydrogens is 238 g/mol. The van der Waals surface area contributed by atoms with Crippen LogP contribution in [0.15, 0.2) is 47.6 Å². The average molecular weight is 257 g/mol. The van der Waals surface area contributed by atoms with Crippen LogP contribution in [0.3, 0.4) is 0 Å². The molecule has 0 atom stereocenters. The molecule has 0 aromatic heterocycles. The normalized spacial score (nSPS) is 12.2. The lowest BCUT2D eigenvalue weighted by molar-refractivity contribution is 0.295. The summed E-state index contributed by atoms with van der Waals surface area (Å²) in [5, 5.41) is 14.2. The first kappa shape index (κ1) is 13.4. The molecule has 2 rings (SSSR count). The molecule has 0 saturated heterocycles. The van der Waals surface area contributed by atoms with Gasteiger partial charge in [-0.2, -0.15) is 0 Å². The fraction of sp³-hybridized carbons (Fsp3) is 0.267. The topological polar surface area (TPSA) is 61.8 Å². The zero-order valence-corrected chi connectivity index (χ0v) is 11.1. The number of likely N-dealkylation sites (N-methyl/N-ethyl adjacent to an activating group) is 1. The Balaban J connectivity index is 2.24. The summed E-state index contributed by atoms with van der Waals surface area (Å²) in [4.78, 5) is 2.14. The number of benzene rings is 2. The van der Waals surface area contributed by atoms with Crippen molar-refractivity contribution in [1.29, 1.82) is 0 Å². The molecule has 0 saturated carbocycles. The number of nitrogens with zero attached hydrogens (tertiary/aromatic N) is 2. The van der Waals surface area contributed by atoms with Crippen molar-refractivity contribution in [3.63, 3.8) is 0 Å². The summed E-state index contributed by atoms with van der Waals surface area (Å²) in [5.41, 5.74) is 6.83. The summed E-state index contributed by atoms with van der Waals surface area (Å²) < 4.78 is 0. The molecule has 0 heterocycles. The van der Waals surface area contributed by atoms with Gasteiger partial charge in [-0.1, -0.05) is 54.5 Å². The molecule has 0 radical (unpaired) electrons. The lowest BCUT2D eigenvalue weighted by Gasteiger charge is -2.20. The second kappa shape index (κ2) is 6.20. The summed E-state index contributed by atoms with van der Waals surface area (Å²) in [6.45, 7) is 4.17. The highest BCUT2D eigenvalue weighted by Crippen LogP contribution is 2.19. The number of hydrogen-bond donors (Lipinski definition) is 2. The number of nitrogens with two attached hydrogens (primary N) is 1. The molecule has 0 unspecified atom stereocenters. The summed E-state index contributed by atoms with van der Waals surface area (Å²) in [7, 11) is 0. The summed E-state index contributed by atoms with van der Waals surface area (Å²) in [5.74, 6) is 0.238. The smallest absolute Gasteiger partial charge is 0.153 e. The van der Waals surface area contributed by atoms with Crippen LogP contribution in [0.1, 0.15) is 12.5 Å². The average Bonchev–Trinajstić information content (AvgIpc) is 2.46. The fourth-order valence-corrected chi connectivity index (χ4v) is 2.21. The van der Waals surface area contributed by atoms with E-state index in [4.69, 9.17) is 10.9 Å². The van der Waals surface area contributed by atoms with Gasteiger partial charge in [-0.05, 0) is 22.9 Å². The van der Waals surface area contributed by atoms with Crippen molar-refractivity contribution >= 4 is 16.6 Å². The fourth-order valence-electron chi connectivity index (χ4n) is 2.21. The summed E-state index contributed by atoms with van der Waals surface area (Å²) in [6.07, 6.45) is 0. The molecule has 2 aromatic rings. The van der Waals surface area contributed by atoms with E-state index in [1.54, 1.807) is 0 Å². The maximum absolute atomic E-state index is 8.65. The molecular formula is C15H19N3O. The van der Waals surface area contributed by atoms with E-state index in [0.29, 0.717) is 6.54 Å². The molecule has 0 bridgehead atoms. The minimum Gasteiger partial charge on any atom is -0.409 e. The molecule has 0 spiro atoms. The zero-order chi connectivity index (χ0) is 13.7. The zero-order valence-electron chi connectivity index (χ0n) is 11.1. The van der Waals surface area contributed by atoms with Gasteiger partial charge >= 0.3 is 0 Å². The van der Waals surface area contributed by atoms with Crippen LogP contribution in [-0.4, -0.2) is 29.0 Å². The minimum atomic E-state index is 0.238. The van der Waals surface area contributed by atoms with Crippen LogP contribution in [0.25, 0.3) is 10.8 Å². The van der Waals surface area contributed by atoms with Crippen molar-refractivity contribution in [2.45, 2.75) is 13.5 Å². The van der Waals surface area contributed by atoms with Gasteiger partial charge in [0.25, 0.3) is 0 Å². The molecule has 0 aliphatic heterocycles. The molecule has 0 aliphatic carbocycles. The third-order valence-corrected chi connectivity index (χ3v) is 3.24. The van der Waals surface area contributed by atoms with Crippen molar-refractivity contribution < 1.29 is 5.21 Å². The number of fused-ring (bicyclic) bond motifs is 1. The standard InChI is InChI=1S/C15H19N3O/c1-2-18(11-15(16)17-19)10-13-8-5-7-12-6-3-4-9-14(12)13/h3-9,19H,2,10-11H2,1H3,(H2,16,17). The minimum absolute atomic E-state index is 0.238. The first-order valence-corrected chi connectivity index (χ1v) is 6.40. The van der Waals surface area contributed by atoms with Gasteiger partial charge in [-0.15, -0.1) is 0 Å². The van der Waals surface area contributed by atoms with Crippen LogP contribution in [0.2, 0.25) is 0 Å². The Hall–Kier alpha value is -2.07. The van der Waals surface area contributed by atoms with Crippen molar-refractivity contribution in [2.24, 2.45) is 10.9 Å². The molecule has 2 aromatic carbocycles. The predicted molar refractivity (Wildman–Crippen MR) is 78.3 cm³/mol. The molecule has 19 heavy (non-hydrogen) atoms. The summed E-state index contributed by atoms with van der Waals surface area (Å²) in [6, 6.07) is 14.6. The summed E-state index contributed by atoms with van der Waals surface area (Å²) >= 11 is 0. The molecule has 4 heteroatoms. The first-order chi connectivity index (χ1) is 9.24. The van der Waals surface area contributed by atoms with Gasteiger partial charge in [0.05, 0.1) is 6.54 Å². The maximum Gasteiger partial charge on any atom is 0.153 e. The van der Waals surface area contributed by atoms with Crippen molar-refractivity contribution in [2.75, 3.05) is 13.1 Å². The Bertz CT molecular complexity index is 575. The van der Waals surface area contributed by atoms with Gasteiger partial charge in [0.1, 0.15) is 0 Å². The van der Waals surface area contributed by atoms with E-state index in [0.717, 1.165) is 13.1 Å². The first-order valence-electron chi connectivity index (χ1n) is 6.40. The highest BCUT2D eigenvalue weighted by atomic mass is 16.4. The number of hydrogen-bond acceptors (Lipinski definition) is 3. The predicted octanol–water partition coefficient (Wildman–Crippen LogP) is 2.41. The molecule has 100 valence electrons. The largest absolute Gasteiger partial charge is 0.409 e. The highest BCUT2D eigenvalue weighted by Gasteiger charge is 2.08. The van der Waals surface area contributed by atoms with E-state index in [-0.39, 0.29) is 5.84 Å². The van der Waals surface area contributed by atoms with Gasteiger partial charge < -0.3 is 10.9 Å². The maximum atomic E-state index is 8.65. The van der Waals surface area contributed by atoms with Gasteiger partial charge in [0.2, 0.25) is 0 Å². The van der Waals surface area contributed by atoms with E-state index < -0.39 is 0 Å². The van der Waals surface area contributed by atoms with Crippen LogP contribution >= 0.6 is 0 Å². The second-order valence-corrected chi connectivity index (χ2v) is 4.53. The highest BCUT2D eigenvalue weighted by molar-refractivity contribution is 5.85. The van der Waals surface area contributed by atoms with Crippen molar-refractivity contribution in [1.82, 2.24) is 4.90 Å². The monoisotopic (exact) mass is 257 g/mol. The Kier molecular flexibility index (Phi) is 4.36. The van der Waals surface area contributed by atoms with Gasteiger partial charge in [-0.25, -0.2) is 0 Å². The lowest BCUT2D eigenvalue weighted by atomic mass is 10.0. The Morgan fingerprint density at radius 3 is 2.68 bits per heavy atom. The molecule has 0 fully saturated rings. The van der Waals surface area contributed by atoms with Gasteiger partial charge in [-0.3, -0.25) is 4.90 Å². The number of oxime groups is 1. The second-order valence-electron chi connectivity index (χ2n) is 4.53. The van der Waals surface area contributed by atoms with E-state index in [1.165, 1.54) is 16.3 Å². The molecule has 0 aliphatic rings. The van der Waals surface area contributed by atoms with Gasteiger partial charge in [0.15, 0.2) is 5.84 Å². The number of rotatable bonds is 5. The van der Waals surface area contributed by atoms with E-state index in [2.05, 4.69) is 47.3 Å². The van der Waals surface area contributed by atoms with Crippen LogP contribution in [-0.2, 0) is 6.54 Å². The Morgan fingerprint density at radius 1 is 1.21 bits per heavy atom.